The monoisotopic (exact) mass is 370 g/mol. The Bertz CT molecular complexity index is 951. The molecule has 134 valence electrons. The first kappa shape index (κ1) is 16.8. The van der Waals surface area contributed by atoms with Crippen molar-refractivity contribution >= 4 is 34.4 Å². The summed E-state index contributed by atoms with van der Waals surface area (Å²) in [7, 11) is 0. The number of nitrogens with one attached hydrogen (secondary N) is 2. The molecule has 9 heteroatoms. The summed E-state index contributed by atoms with van der Waals surface area (Å²) < 4.78 is 10.5. The van der Waals surface area contributed by atoms with Crippen LogP contribution in [-0.2, 0) is 12.3 Å². The maximum atomic E-state index is 12.8. The largest absolute Gasteiger partial charge is 0.463 e. The van der Waals surface area contributed by atoms with Gasteiger partial charge in [0.25, 0.3) is 11.7 Å². The second-order valence-corrected chi connectivity index (χ2v) is 6.53. The fourth-order valence-electron chi connectivity index (χ4n) is 2.84. The smallest absolute Gasteiger partial charge is 0.257 e. The highest BCUT2D eigenvalue weighted by molar-refractivity contribution is 8.10. The van der Waals surface area contributed by atoms with E-state index >= 15 is 0 Å². The lowest BCUT2D eigenvalue weighted by atomic mass is 10.1. The van der Waals surface area contributed by atoms with Gasteiger partial charge in [-0.15, -0.1) is 0 Å². The summed E-state index contributed by atoms with van der Waals surface area (Å²) in [5, 5.41) is 2.90. The van der Waals surface area contributed by atoms with Crippen LogP contribution in [0.1, 0.15) is 22.5 Å². The van der Waals surface area contributed by atoms with Gasteiger partial charge in [-0.05, 0) is 55.2 Å². The zero-order valence-electron chi connectivity index (χ0n) is 13.9. The molecule has 2 aromatic heterocycles. The topological polar surface area (TPSA) is 110 Å². The van der Waals surface area contributed by atoms with Crippen LogP contribution < -0.4 is 15.8 Å². The molecule has 26 heavy (non-hydrogen) atoms. The third-order valence-electron chi connectivity index (χ3n) is 4.16. The number of fused-ring (bicyclic) bond motifs is 1. The number of hydrogen-bond donors (Lipinski definition) is 3. The molecule has 3 aromatic rings. The number of furan rings is 1. The number of hydrogen-bond acceptors (Lipinski definition) is 7. The molecule has 8 nitrogen and oxygen atoms in total. The number of amides is 1. The van der Waals surface area contributed by atoms with Crippen LogP contribution in [0.2, 0.25) is 0 Å². The SMILES string of the molecule is NCCCn1cnc2cc(C(=O)NC3(c4ccco4)N=CSN3)ccc21. The van der Waals surface area contributed by atoms with Crippen LogP contribution in [0.25, 0.3) is 11.0 Å². The number of benzene rings is 1. The van der Waals surface area contributed by atoms with E-state index in [1.165, 1.54) is 11.9 Å². The number of carbonyl (C=O) groups excluding carboxylic acids is 1. The van der Waals surface area contributed by atoms with Crippen LogP contribution >= 0.6 is 11.9 Å². The number of nitrogens with two attached hydrogens (primary N) is 1. The molecular weight excluding hydrogens is 352 g/mol. The first-order valence-electron chi connectivity index (χ1n) is 8.20. The van der Waals surface area contributed by atoms with Crippen molar-refractivity contribution in [1.82, 2.24) is 19.6 Å². The van der Waals surface area contributed by atoms with E-state index in [1.807, 2.05) is 10.6 Å². The lowest BCUT2D eigenvalue weighted by Crippen LogP contribution is -2.50. The number of aliphatic imine (C=N–C) groups is 1. The third-order valence-corrected chi connectivity index (χ3v) is 4.79. The van der Waals surface area contributed by atoms with Crippen LogP contribution in [0, 0.1) is 0 Å². The second-order valence-electron chi connectivity index (χ2n) is 5.88. The lowest BCUT2D eigenvalue weighted by molar-refractivity contribution is 0.0883. The van der Waals surface area contributed by atoms with Gasteiger partial charge in [0, 0.05) is 12.1 Å². The number of aromatic nitrogens is 2. The summed E-state index contributed by atoms with van der Waals surface area (Å²) in [5.74, 6) is -0.869. The fourth-order valence-corrected chi connectivity index (χ4v) is 3.48. The van der Waals surface area contributed by atoms with E-state index in [1.54, 1.807) is 42.4 Å². The Morgan fingerprint density at radius 2 is 2.35 bits per heavy atom. The average molecular weight is 370 g/mol. The zero-order chi connectivity index (χ0) is 18.0. The van der Waals surface area contributed by atoms with E-state index in [-0.39, 0.29) is 5.91 Å². The van der Waals surface area contributed by atoms with Crippen molar-refractivity contribution in [3.63, 3.8) is 0 Å². The molecular formula is C17H18N6O2S. The van der Waals surface area contributed by atoms with E-state index < -0.39 is 5.79 Å². The highest BCUT2D eigenvalue weighted by Gasteiger charge is 2.39. The molecule has 0 saturated heterocycles. The Morgan fingerprint density at radius 3 is 3.08 bits per heavy atom. The second kappa shape index (κ2) is 6.94. The van der Waals surface area contributed by atoms with Crippen molar-refractivity contribution in [3.8, 4) is 0 Å². The molecule has 1 unspecified atom stereocenters. The maximum absolute atomic E-state index is 12.8. The van der Waals surface area contributed by atoms with Gasteiger partial charge in [-0.1, -0.05) is 0 Å². The maximum Gasteiger partial charge on any atom is 0.257 e. The van der Waals surface area contributed by atoms with Crippen molar-refractivity contribution in [2.75, 3.05) is 6.54 Å². The molecule has 4 rings (SSSR count). The van der Waals surface area contributed by atoms with Gasteiger partial charge in [0.2, 0.25) is 0 Å². The van der Waals surface area contributed by atoms with Gasteiger partial charge in [-0.3, -0.25) is 4.79 Å². The summed E-state index contributed by atoms with van der Waals surface area (Å²) in [6.07, 6.45) is 4.19. The van der Waals surface area contributed by atoms with Gasteiger partial charge in [0.05, 0.1) is 29.2 Å². The average Bonchev–Trinajstić information content (AvgIpc) is 3.40. The van der Waals surface area contributed by atoms with E-state index in [0.717, 1.165) is 24.0 Å². The van der Waals surface area contributed by atoms with Crippen LogP contribution in [0.4, 0.5) is 0 Å². The van der Waals surface area contributed by atoms with E-state index in [4.69, 9.17) is 10.2 Å². The molecule has 1 atom stereocenters. The predicted molar refractivity (Wildman–Crippen MR) is 100 cm³/mol. The number of imidazole rings is 1. The molecule has 0 bridgehead atoms. The summed E-state index contributed by atoms with van der Waals surface area (Å²) in [6.45, 7) is 1.43. The summed E-state index contributed by atoms with van der Waals surface area (Å²) in [4.78, 5) is 21.5. The number of aryl methyl sites for hydroxylation is 1. The standard InChI is InChI=1S/C17H18N6O2S/c18-6-2-7-23-10-19-13-9-12(4-5-14(13)23)16(24)21-17(20-11-26-22-17)15-3-1-8-25-15/h1,3-5,8-11,22H,2,6-7,18H2,(H,21,24). The molecule has 3 heterocycles. The van der Waals surface area contributed by atoms with Gasteiger partial charge >= 0.3 is 0 Å². The van der Waals surface area contributed by atoms with Crippen molar-refractivity contribution in [1.29, 1.82) is 0 Å². The molecule has 0 aliphatic carbocycles. The molecule has 1 amide bonds. The molecule has 0 saturated carbocycles. The van der Waals surface area contributed by atoms with Crippen LogP contribution in [0.5, 0.6) is 0 Å². The molecule has 1 aliphatic rings. The van der Waals surface area contributed by atoms with E-state index in [2.05, 4.69) is 20.0 Å². The first-order chi connectivity index (χ1) is 12.7. The number of carbonyl (C=O) groups is 1. The fraction of sp³-hybridized carbons (Fsp3) is 0.235. The van der Waals surface area contributed by atoms with Crippen LogP contribution in [-0.4, -0.2) is 27.5 Å². The van der Waals surface area contributed by atoms with Gasteiger partial charge in [-0.2, -0.15) is 0 Å². The highest BCUT2D eigenvalue weighted by Crippen LogP contribution is 2.27. The van der Waals surface area contributed by atoms with Crippen molar-refractivity contribution < 1.29 is 9.21 Å². The summed E-state index contributed by atoms with van der Waals surface area (Å²) >= 11 is 1.29. The van der Waals surface area contributed by atoms with Crippen molar-refractivity contribution in [2.24, 2.45) is 10.7 Å². The minimum Gasteiger partial charge on any atom is -0.463 e. The van der Waals surface area contributed by atoms with E-state index in [9.17, 15) is 4.79 Å². The molecule has 0 radical (unpaired) electrons. The molecule has 4 N–H and O–H groups in total. The van der Waals surface area contributed by atoms with Crippen molar-refractivity contribution in [3.05, 3.63) is 54.2 Å². The highest BCUT2D eigenvalue weighted by atomic mass is 32.2. The van der Waals surface area contributed by atoms with Crippen LogP contribution in [0.15, 0.2) is 52.3 Å². The van der Waals surface area contributed by atoms with Gasteiger partial charge in [-0.25, -0.2) is 14.7 Å². The number of rotatable bonds is 6. The summed E-state index contributed by atoms with van der Waals surface area (Å²) in [6, 6.07) is 8.96. The molecule has 1 aromatic carbocycles. The minimum atomic E-state index is -1.11. The normalized spacial score (nSPS) is 19.3. The van der Waals surface area contributed by atoms with Gasteiger partial charge in [0.1, 0.15) is 0 Å². The first-order valence-corrected chi connectivity index (χ1v) is 9.08. The molecule has 0 spiro atoms. The third kappa shape index (κ3) is 3.00. The van der Waals surface area contributed by atoms with Crippen LogP contribution in [0.3, 0.4) is 0 Å². The Balaban J connectivity index is 1.59. The van der Waals surface area contributed by atoms with Gasteiger partial charge in [0.15, 0.2) is 5.76 Å². The Morgan fingerprint density at radius 1 is 1.42 bits per heavy atom. The zero-order valence-corrected chi connectivity index (χ0v) is 14.7. The Kier molecular flexibility index (Phi) is 4.49. The van der Waals surface area contributed by atoms with Crippen molar-refractivity contribution in [2.45, 2.75) is 18.8 Å². The molecule has 1 aliphatic heterocycles. The Labute approximate surface area is 154 Å². The van der Waals surface area contributed by atoms with E-state index in [0.29, 0.717) is 17.9 Å². The lowest BCUT2D eigenvalue weighted by Gasteiger charge is -2.24. The molecule has 0 fully saturated rings. The number of nitrogens with zero attached hydrogens (tertiary/aromatic N) is 3. The Hall–Kier alpha value is -2.62. The quantitative estimate of drug-likeness (QED) is 0.571. The summed E-state index contributed by atoms with van der Waals surface area (Å²) in [5.41, 5.74) is 9.44. The predicted octanol–water partition coefficient (Wildman–Crippen LogP) is 1.80. The minimum absolute atomic E-state index is 0.271. The van der Waals surface area contributed by atoms with Gasteiger partial charge < -0.3 is 20.0 Å².